The Morgan fingerprint density at radius 1 is 1.40 bits per heavy atom. The molecule has 1 amide bonds. The number of nitrogens with zero attached hydrogens (tertiary/aromatic N) is 1. The van der Waals surface area contributed by atoms with Crippen LogP contribution in [0.3, 0.4) is 0 Å². The van der Waals surface area contributed by atoms with Gasteiger partial charge >= 0.3 is 6.18 Å². The van der Waals surface area contributed by atoms with Gasteiger partial charge in [0.1, 0.15) is 0 Å². The number of carbonyl (C=O) groups is 1. The number of nitrogens with one attached hydrogen (secondary N) is 1. The van der Waals surface area contributed by atoms with Gasteiger partial charge in [-0.3, -0.25) is 4.79 Å². The predicted octanol–water partition coefficient (Wildman–Crippen LogP) is 2.53. The van der Waals surface area contributed by atoms with Crippen LogP contribution in [0.5, 0.6) is 0 Å². The smallest absolute Gasteiger partial charge is 0.333 e. The van der Waals surface area contributed by atoms with Crippen LogP contribution in [0.4, 0.5) is 13.2 Å². The van der Waals surface area contributed by atoms with Crippen molar-refractivity contribution in [1.82, 2.24) is 10.2 Å². The van der Waals surface area contributed by atoms with Gasteiger partial charge in [-0.1, -0.05) is 13.0 Å². The second-order valence-corrected chi connectivity index (χ2v) is 4.89. The van der Waals surface area contributed by atoms with E-state index >= 15 is 0 Å². The highest BCUT2D eigenvalue weighted by atomic mass is 19.4. The molecule has 0 aliphatic carbocycles. The van der Waals surface area contributed by atoms with Crippen LogP contribution < -0.4 is 5.32 Å². The minimum absolute atomic E-state index is 0.0805. The lowest BCUT2D eigenvalue weighted by molar-refractivity contribution is -0.137. The Bertz CT molecular complexity index is 484. The van der Waals surface area contributed by atoms with E-state index in [2.05, 4.69) is 5.32 Å². The first-order valence-electron chi connectivity index (χ1n) is 6.62. The van der Waals surface area contributed by atoms with Crippen LogP contribution in [-0.2, 0) is 6.18 Å². The zero-order valence-corrected chi connectivity index (χ0v) is 11.2. The zero-order valence-electron chi connectivity index (χ0n) is 11.2. The van der Waals surface area contributed by atoms with Gasteiger partial charge in [-0.05, 0) is 24.6 Å². The van der Waals surface area contributed by atoms with E-state index in [-0.39, 0.29) is 17.5 Å². The van der Waals surface area contributed by atoms with Gasteiger partial charge in [-0.15, -0.1) is 0 Å². The van der Waals surface area contributed by atoms with Crippen molar-refractivity contribution in [3.8, 4) is 0 Å². The number of amides is 1. The molecule has 0 radical (unpaired) electrons. The number of halogens is 3. The molecular formula is C14H17F3N2O. The van der Waals surface area contributed by atoms with Gasteiger partial charge in [0, 0.05) is 25.2 Å². The summed E-state index contributed by atoms with van der Waals surface area (Å²) in [5, 5.41) is 3.07. The van der Waals surface area contributed by atoms with E-state index in [0.717, 1.165) is 18.6 Å². The summed E-state index contributed by atoms with van der Waals surface area (Å²) in [6, 6.07) is 4.70. The lowest BCUT2D eigenvalue weighted by atomic mass is 10.1. The SMILES string of the molecule is CCCN(C(=O)c1cccc(C(F)(F)F)c1)C1CNC1. The third kappa shape index (κ3) is 3.12. The molecule has 1 heterocycles. The Hall–Kier alpha value is -1.56. The van der Waals surface area contributed by atoms with Crippen LogP contribution in [0.2, 0.25) is 0 Å². The molecule has 20 heavy (non-hydrogen) atoms. The van der Waals surface area contributed by atoms with Crippen LogP contribution in [-0.4, -0.2) is 36.5 Å². The highest BCUT2D eigenvalue weighted by Crippen LogP contribution is 2.30. The van der Waals surface area contributed by atoms with Gasteiger partial charge in [0.15, 0.2) is 0 Å². The molecule has 0 saturated carbocycles. The first-order valence-corrected chi connectivity index (χ1v) is 6.62. The van der Waals surface area contributed by atoms with E-state index in [1.54, 1.807) is 4.90 Å². The second kappa shape index (κ2) is 5.83. The first kappa shape index (κ1) is 14.8. The van der Waals surface area contributed by atoms with Crippen molar-refractivity contribution in [3.05, 3.63) is 35.4 Å². The largest absolute Gasteiger partial charge is 0.416 e. The quantitative estimate of drug-likeness (QED) is 0.922. The number of benzene rings is 1. The summed E-state index contributed by atoms with van der Waals surface area (Å²) in [5.74, 6) is -0.329. The molecular weight excluding hydrogens is 269 g/mol. The van der Waals surface area contributed by atoms with Crippen LogP contribution in [0.25, 0.3) is 0 Å². The molecule has 1 aliphatic rings. The highest BCUT2D eigenvalue weighted by Gasteiger charge is 2.33. The number of carbonyl (C=O) groups excluding carboxylic acids is 1. The molecule has 0 aromatic heterocycles. The van der Waals surface area contributed by atoms with Gasteiger partial charge in [-0.2, -0.15) is 13.2 Å². The van der Waals surface area contributed by atoms with Crippen LogP contribution in [0, 0.1) is 0 Å². The van der Waals surface area contributed by atoms with E-state index in [4.69, 9.17) is 0 Å². The predicted molar refractivity (Wildman–Crippen MR) is 69.4 cm³/mol. The van der Waals surface area contributed by atoms with Gasteiger partial charge < -0.3 is 10.2 Å². The molecule has 1 fully saturated rings. The fourth-order valence-electron chi connectivity index (χ4n) is 2.18. The van der Waals surface area contributed by atoms with Crippen molar-refractivity contribution < 1.29 is 18.0 Å². The van der Waals surface area contributed by atoms with Crippen LogP contribution >= 0.6 is 0 Å². The molecule has 0 spiro atoms. The van der Waals surface area contributed by atoms with Crippen molar-refractivity contribution in [1.29, 1.82) is 0 Å². The molecule has 3 nitrogen and oxygen atoms in total. The first-order chi connectivity index (χ1) is 9.43. The Balaban J connectivity index is 2.22. The lowest BCUT2D eigenvalue weighted by Crippen LogP contribution is -2.59. The van der Waals surface area contributed by atoms with Crippen molar-refractivity contribution in [3.63, 3.8) is 0 Å². The fraction of sp³-hybridized carbons (Fsp3) is 0.500. The maximum absolute atomic E-state index is 12.7. The van der Waals surface area contributed by atoms with E-state index < -0.39 is 11.7 Å². The molecule has 2 rings (SSSR count). The van der Waals surface area contributed by atoms with Crippen molar-refractivity contribution >= 4 is 5.91 Å². The van der Waals surface area contributed by atoms with E-state index in [0.29, 0.717) is 19.6 Å². The van der Waals surface area contributed by atoms with Crippen LogP contribution in [0.1, 0.15) is 29.3 Å². The summed E-state index contributed by atoms with van der Waals surface area (Å²) in [7, 11) is 0. The normalized spacial score (nSPS) is 15.8. The molecule has 1 N–H and O–H groups in total. The molecule has 1 aromatic carbocycles. The molecule has 1 saturated heterocycles. The molecule has 0 bridgehead atoms. The van der Waals surface area contributed by atoms with Crippen LogP contribution in [0.15, 0.2) is 24.3 Å². The van der Waals surface area contributed by atoms with Crippen molar-refractivity contribution in [2.45, 2.75) is 25.6 Å². The fourth-order valence-corrected chi connectivity index (χ4v) is 2.18. The standard InChI is InChI=1S/C14H17F3N2O/c1-2-6-19(12-8-18-9-12)13(20)10-4-3-5-11(7-10)14(15,16)17/h3-5,7,12,18H,2,6,8-9H2,1H3. The van der Waals surface area contributed by atoms with Gasteiger partial charge in [-0.25, -0.2) is 0 Å². The molecule has 6 heteroatoms. The summed E-state index contributed by atoms with van der Waals surface area (Å²) in [6.45, 7) is 3.90. The summed E-state index contributed by atoms with van der Waals surface area (Å²) >= 11 is 0. The monoisotopic (exact) mass is 286 g/mol. The van der Waals surface area contributed by atoms with Crippen molar-refractivity contribution in [2.24, 2.45) is 0 Å². The molecule has 1 aromatic rings. The van der Waals surface area contributed by atoms with Gasteiger partial charge in [0.05, 0.1) is 11.6 Å². The average Bonchev–Trinajstić information content (AvgIpc) is 2.34. The number of alkyl halides is 3. The minimum atomic E-state index is -4.43. The van der Waals surface area contributed by atoms with E-state index in [9.17, 15) is 18.0 Å². The van der Waals surface area contributed by atoms with Gasteiger partial charge in [0.2, 0.25) is 0 Å². The van der Waals surface area contributed by atoms with E-state index in [1.165, 1.54) is 12.1 Å². The molecule has 0 atom stereocenters. The maximum atomic E-state index is 12.7. The molecule has 110 valence electrons. The Morgan fingerprint density at radius 2 is 2.10 bits per heavy atom. The minimum Gasteiger partial charge on any atom is -0.333 e. The maximum Gasteiger partial charge on any atom is 0.416 e. The van der Waals surface area contributed by atoms with E-state index in [1.807, 2.05) is 6.92 Å². The number of hydrogen-bond acceptors (Lipinski definition) is 2. The zero-order chi connectivity index (χ0) is 14.8. The number of rotatable bonds is 4. The highest BCUT2D eigenvalue weighted by molar-refractivity contribution is 5.94. The Labute approximate surface area is 115 Å². The summed E-state index contributed by atoms with van der Waals surface area (Å²) < 4.78 is 38.0. The average molecular weight is 286 g/mol. The third-order valence-electron chi connectivity index (χ3n) is 3.36. The van der Waals surface area contributed by atoms with Crippen molar-refractivity contribution in [2.75, 3.05) is 19.6 Å². The Morgan fingerprint density at radius 3 is 2.60 bits per heavy atom. The molecule has 1 aliphatic heterocycles. The second-order valence-electron chi connectivity index (χ2n) is 4.89. The topological polar surface area (TPSA) is 32.3 Å². The summed E-state index contributed by atoms with van der Waals surface area (Å²) in [4.78, 5) is 14.0. The third-order valence-corrected chi connectivity index (χ3v) is 3.36. The summed E-state index contributed by atoms with van der Waals surface area (Å²) in [5.41, 5.74) is -0.688. The lowest BCUT2D eigenvalue weighted by Gasteiger charge is -2.38. The number of hydrogen-bond donors (Lipinski definition) is 1. The van der Waals surface area contributed by atoms with Gasteiger partial charge in [0.25, 0.3) is 5.91 Å². The Kier molecular flexibility index (Phi) is 4.32. The summed E-state index contributed by atoms with van der Waals surface area (Å²) in [6.07, 6.45) is -3.65. The molecule has 0 unspecified atom stereocenters.